The summed E-state index contributed by atoms with van der Waals surface area (Å²) in [6.45, 7) is 0. The SMILES string of the molecule is N.[Ca+2].[K+].[Li+].[Mg+2].[Na+]. The molecule has 0 saturated carbocycles. The Morgan fingerprint density at radius 1 is 1.00 bits per heavy atom. The molecule has 6 heteroatoms. The average Bonchev–Trinajstić information content (AvgIpc) is 0. The summed E-state index contributed by atoms with van der Waals surface area (Å²) in [6, 6.07) is 0. The number of hydrogen-bond acceptors (Lipinski definition) is 1. The Labute approximate surface area is 162 Å². The van der Waals surface area contributed by atoms with Gasteiger partial charge in [0.05, 0.1) is 0 Å². The topological polar surface area (TPSA) is 35.0 Å². The maximum Gasteiger partial charge on any atom is 2.00 e. The Morgan fingerprint density at radius 3 is 1.00 bits per heavy atom. The van der Waals surface area contributed by atoms with Crippen LogP contribution in [0.4, 0.5) is 0 Å². The van der Waals surface area contributed by atoms with Crippen molar-refractivity contribution in [3.8, 4) is 0 Å². The summed E-state index contributed by atoms with van der Waals surface area (Å²) in [4.78, 5) is 0. The van der Waals surface area contributed by atoms with Gasteiger partial charge in [-0.05, 0) is 0 Å². The predicted octanol–water partition coefficient (Wildman–Crippen LogP) is -9.59. The van der Waals surface area contributed by atoms with Gasteiger partial charge in [-0.2, -0.15) is 0 Å². The van der Waals surface area contributed by atoms with E-state index in [9.17, 15) is 0 Å². The minimum atomic E-state index is 0. The molecule has 0 unspecified atom stereocenters. The zero-order valence-corrected chi connectivity index (χ0v) is 13.9. The van der Waals surface area contributed by atoms with Crippen molar-refractivity contribution >= 4 is 60.8 Å². The van der Waals surface area contributed by atoms with Crippen molar-refractivity contribution in [3.05, 3.63) is 0 Å². The molecule has 0 rings (SSSR count). The predicted molar refractivity (Wildman–Crippen MR) is 16.5 cm³/mol. The van der Waals surface area contributed by atoms with E-state index < -0.39 is 0 Å². The maximum absolute atomic E-state index is 0. The zero-order valence-electron chi connectivity index (χ0n) is 5.12. The molecule has 0 aromatic carbocycles. The molecule has 0 aliphatic rings. The van der Waals surface area contributed by atoms with E-state index in [4.69, 9.17) is 0 Å². The Hall–Kier alpha value is 5.22. The summed E-state index contributed by atoms with van der Waals surface area (Å²) in [7, 11) is 0. The van der Waals surface area contributed by atoms with E-state index in [1.807, 2.05) is 0 Å². The van der Waals surface area contributed by atoms with Gasteiger partial charge in [-0.1, -0.05) is 0 Å². The zero-order chi connectivity index (χ0) is 0. The van der Waals surface area contributed by atoms with Crippen LogP contribution in [-0.4, -0.2) is 60.8 Å². The molecule has 0 aromatic rings. The minimum Gasteiger partial charge on any atom is -0.344 e. The average molecular weight is 150 g/mol. The van der Waals surface area contributed by atoms with Crippen LogP contribution in [-0.2, 0) is 0 Å². The van der Waals surface area contributed by atoms with Crippen molar-refractivity contribution in [3.63, 3.8) is 0 Å². The van der Waals surface area contributed by atoms with Gasteiger partial charge >= 0.3 is 161 Å². The fourth-order valence-electron chi connectivity index (χ4n) is 0. The van der Waals surface area contributed by atoms with E-state index in [0.717, 1.165) is 0 Å². The van der Waals surface area contributed by atoms with Gasteiger partial charge in [-0.25, -0.2) is 0 Å². The fraction of sp³-hybridized carbons (Fsp3) is 0. The Kier molecular flexibility index (Phi) is 229. The third kappa shape index (κ3) is 22.9. The van der Waals surface area contributed by atoms with Crippen molar-refractivity contribution in [1.29, 1.82) is 0 Å². The largest absolute Gasteiger partial charge is 2.00 e. The second kappa shape index (κ2) is 31.9. The molecule has 0 fully saturated rings. The molecular formula is H3CaKLiMgNNa+7. The van der Waals surface area contributed by atoms with E-state index in [1.54, 1.807) is 0 Å². The van der Waals surface area contributed by atoms with Gasteiger partial charge in [0.15, 0.2) is 0 Å². The molecule has 1 nitrogen and oxygen atoms in total. The van der Waals surface area contributed by atoms with Gasteiger partial charge in [0.25, 0.3) is 0 Å². The van der Waals surface area contributed by atoms with Crippen LogP contribution in [0.5, 0.6) is 0 Å². The van der Waals surface area contributed by atoms with E-state index in [0.29, 0.717) is 0 Å². The van der Waals surface area contributed by atoms with Crippen molar-refractivity contribution in [2.45, 2.75) is 0 Å². The monoisotopic (exact) mass is 150 g/mol. The summed E-state index contributed by atoms with van der Waals surface area (Å²) in [5, 5.41) is 0. The summed E-state index contributed by atoms with van der Waals surface area (Å²) in [5.74, 6) is 0. The van der Waals surface area contributed by atoms with Crippen LogP contribution < -0.4 is 106 Å². The molecule has 0 spiro atoms. The molecule has 3 N–H and O–H groups in total. The first-order valence-corrected chi connectivity index (χ1v) is 0. The third-order valence-electron chi connectivity index (χ3n) is 0. The standard InChI is InChI=1S/Ca.K.Li.Mg.H3N.Na/h;;;;1H3;/q+2;2*+1;+2;;+1. The second-order valence-electron chi connectivity index (χ2n) is 0. The summed E-state index contributed by atoms with van der Waals surface area (Å²) >= 11 is 0. The van der Waals surface area contributed by atoms with Gasteiger partial charge in [-0.15, -0.1) is 0 Å². The molecule has 0 saturated heterocycles. The summed E-state index contributed by atoms with van der Waals surface area (Å²) < 4.78 is 0. The quantitative estimate of drug-likeness (QED) is 0.342. The van der Waals surface area contributed by atoms with Gasteiger partial charge in [-0.3, -0.25) is 0 Å². The molecule has 0 heterocycles. The van der Waals surface area contributed by atoms with Crippen LogP contribution in [0.2, 0.25) is 0 Å². The molecule has 8 valence electrons. The van der Waals surface area contributed by atoms with Crippen LogP contribution in [0.15, 0.2) is 0 Å². The van der Waals surface area contributed by atoms with Crippen LogP contribution in [0.3, 0.4) is 0 Å². The van der Waals surface area contributed by atoms with Crippen molar-refractivity contribution < 1.29 is 99.8 Å². The van der Waals surface area contributed by atoms with Crippen LogP contribution >= 0.6 is 0 Å². The maximum atomic E-state index is 0. The molecule has 0 aliphatic heterocycles. The van der Waals surface area contributed by atoms with Crippen molar-refractivity contribution in [1.82, 2.24) is 6.15 Å². The Bertz CT molecular complexity index is 15.5. The first-order chi connectivity index (χ1) is 0. The normalized spacial score (nSPS) is 0. The number of hydrogen-bond donors (Lipinski definition) is 1. The second-order valence-corrected chi connectivity index (χ2v) is 0. The van der Waals surface area contributed by atoms with Gasteiger partial charge < -0.3 is 6.15 Å². The van der Waals surface area contributed by atoms with Gasteiger partial charge in [0.2, 0.25) is 0 Å². The van der Waals surface area contributed by atoms with Crippen LogP contribution in [0.25, 0.3) is 0 Å². The Balaban J connectivity index is 0. The summed E-state index contributed by atoms with van der Waals surface area (Å²) in [5.41, 5.74) is 0. The van der Waals surface area contributed by atoms with E-state index in [2.05, 4.69) is 0 Å². The smallest absolute Gasteiger partial charge is 0.344 e. The van der Waals surface area contributed by atoms with Crippen molar-refractivity contribution in [2.24, 2.45) is 0 Å². The molecule has 0 bridgehead atoms. The first kappa shape index (κ1) is 43.0. The van der Waals surface area contributed by atoms with Crippen LogP contribution in [0, 0.1) is 0 Å². The molecule has 0 radical (unpaired) electrons. The van der Waals surface area contributed by atoms with Gasteiger partial charge in [0.1, 0.15) is 0 Å². The van der Waals surface area contributed by atoms with E-state index in [1.165, 1.54) is 0 Å². The van der Waals surface area contributed by atoms with Gasteiger partial charge in [0, 0.05) is 0 Å². The summed E-state index contributed by atoms with van der Waals surface area (Å²) in [6.07, 6.45) is 0. The third-order valence-corrected chi connectivity index (χ3v) is 0. The van der Waals surface area contributed by atoms with Crippen molar-refractivity contribution in [2.75, 3.05) is 0 Å². The first-order valence-electron chi connectivity index (χ1n) is 0. The molecule has 0 amide bonds. The minimum absolute atomic E-state index is 0. The molecule has 6 heavy (non-hydrogen) atoms. The number of rotatable bonds is 0. The van der Waals surface area contributed by atoms with Crippen LogP contribution in [0.1, 0.15) is 0 Å². The molecule has 0 aliphatic carbocycles. The fourth-order valence-corrected chi connectivity index (χ4v) is 0. The molecule has 0 aromatic heterocycles. The van der Waals surface area contributed by atoms with E-state index in [-0.39, 0.29) is 167 Å². The Morgan fingerprint density at radius 2 is 1.00 bits per heavy atom. The van der Waals surface area contributed by atoms with E-state index >= 15 is 0 Å². The molecular weight excluding hydrogens is 147 g/mol. The molecule has 0 atom stereocenters.